The fourth-order valence-electron chi connectivity index (χ4n) is 3.48. The van der Waals surface area contributed by atoms with Gasteiger partial charge in [-0.2, -0.15) is 0 Å². The van der Waals surface area contributed by atoms with E-state index in [0.717, 1.165) is 17.0 Å². The number of para-hydroxylation sites is 2. The molecule has 1 saturated heterocycles. The number of hydrogen-bond donors (Lipinski definition) is 1. The molecule has 3 aromatic carbocycles. The molecular formula is C26H25N3O3S. The van der Waals surface area contributed by atoms with Crippen LogP contribution in [0.5, 0.6) is 5.75 Å². The summed E-state index contributed by atoms with van der Waals surface area (Å²) in [6.07, 6.45) is 0.762. The van der Waals surface area contributed by atoms with Gasteiger partial charge in [-0.25, -0.2) is 4.99 Å². The van der Waals surface area contributed by atoms with Gasteiger partial charge < -0.3 is 10.1 Å². The van der Waals surface area contributed by atoms with Gasteiger partial charge in [0.25, 0.3) is 0 Å². The number of methoxy groups -OCH3 is 1. The van der Waals surface area contributed by atoms with Gasteiger partial charge in [0.05, 0.1) is 12.8 Å². The molecule has 0 aromatic heterocycles. The lowest BCUT2D eigenvalue weighted by Crippen LogP contribution is -2.35. The van der Waals surface area contributed by atoms with E-state index in [-0.39, 0.29) is 18.2 Å². The van der Waals surface area contributed by atoms with Crippen LogP contribution < -0.4 is 10.1 Å². The second-order valence-corrected chi connectivity index (χ2v) is 8.71. The fourth-order valence-corrected chi connectivity index (χ4v) is 4.66. The second kappa shape index (κ2) is 10.8. The molecule has 7 heteroatoms. The smallest absolute Gasteiger partial charge is 0.242 e. The van der Waals surface area contributed by atoms with Gasteiger partial charge in [0.15, 0.2) is 5.17 Å². The van der Waals surface area contributed by atoms with Crippen molar-refractivity contribution in [3.05, 3.63) is 90.5 Å². The van der Waals surface area contributed by atoms with E-state index in [9.17, 15) is 9.59 Å². The van der Waals surface area contributed by atoms with E-state index < -0.39 is 5.25 Å². The first kappa shape index (κ1) is 22.6. The molecule has 168 valence electrons. The molecule has 0 unspecified atom stereocenters. The van der Waals surface area contributed by atoms with E-state index in [1.807, 2.05) is 84.9 Å². The largest absolute Gasteiger partial charge is 0.497 e. The highest BCUT2D eigenvalue weighted by molar-refractivity contribution is 8.15. The zero-order valence-corrected chi connectivity index (χ0v) is 19.1. The predicted molar refractivity (Wildman–Crippen MR) is 133 cm³/mol. The maximum atomic E-state index is 13.2. The van der Waals surface area contributed by atoms with Crippen molar-refractivity contribution in [1.29, 1.82) is 0 Å². The van der Waals surface area contributed by atoms with Crippen molar-refractivity contribution in [3.63, 3.8) is 0 Å². The Bertz CT molecular complexity index is 1120. The molecular weight excluding hydrogens is 434 g/mol. The standard InChI is InChI=1S/C26H25N3O3S/c1-32-22-14-12-19(13-15-22)16-17-29-25(31)23(18-24(30)27-20-8-4-2-5-9-20)33-26(29)28-21-10-6-3-7-11-21/h2-15,23H,16-18H2,1H3,(H,27,30)/t23-/m1/s1. The number of anilines is 1. The van der Waals surface area contributed by atoms with Crippen molar-refractivity contribution in [1.82, 2.24) is 4.90 Å². The summed E-state index contributed by atoms with van der Waals surface area (Å²) >= 11 is 1.35. The van der Waals surface area contributed by atoms with E-state index in [1.165, 1.54) is 11.8 Å². The third-order valence-electron chi connectivity index (χ3n) is 5.21. The number of amidine groups is 1. The monoisotopic (exact) mass is 459 g/mol. The van der Waals surface area contributed by atoms with Gasteiger partial charge in [-0.3, -0.25) is 14.5 Å². The Balaban J connectivity index is 1.48. The van der Waals surface area contributed by atoms with Crippen LogP contribution >= 0.6 is 11.8 Å². The summed E-state index contributed by atoms with van der Waals surface area (Å²) in [5.74, 6) is 0.511. The molecule has 33 heavy (non-hydrogen) atoms. The van der Waals surface area contributed by atoms with Crippen LogP contribution in [0.1, 0.15) is 12.0 Å². The van der Waals surface area contributed by atoms with Gasteiger partial charge in [-0.15, -0.1) is 0 Å². The number of carbonyl (C=O) groups excluding carboxylic acids is 2. The van der Waals surface area contributed by atoms with Crippen LogP contribution in [-0.4, -0.2) is 40.8 Å². The zero-order valence-electron chi connectivity index (χ0n) is 18.3. The Morgan fingerprint density at radius 2 is 1.67 bits per heavy atom. The first-order valence-electron chi connectivity index (χ1n) is 10.7. The Morgan fingerprint density at radius 1 is 1.00 bits per heavy atom. The van der Waals surface area contributed by atoms with Gasteiger partial charge in [-0.1, -0.05) is 60.3 Å². The molecule has 1 aliphatic heterocycles. The molecule has 0 saturated carbocycles. The number of benzene rings is 3. The highest BCUT2D eigenvalue weighted by Crippen LogP contribution is 2.32. The second-order valence-electron chi connectivity index (χ2n) is 7.54. The molecule has 0 bridgehead atoms. The maximum absolute atomic E-state index is 13.2. The summed E-state index contributed by atoms with van der Waals surface area (Å²) in [7, 11) is 1.63. The van der Waals surface area contributed by atoms with E-state index in [2.05, 4.69) is 5.32 Å². The average Bonchev–Trinajstić information content (AvgIpc) is 3.12. The lowest BCUT2D eigenvalue weighted by Gasteiger charge is -2.16. The lowest BCUT2D eigenvalue weighted by atomic mass is 10.1. The Labute approximate surface area is 197 Å². The maximum Gasteiger partial charge on any atom is 0.242 e. The van der Waals surface area contributed by atoms with E-state index in [1.54, 1.807) is 12.0 Å². The number of hydrogen-bond acceptors (Lipinski definition) is 5. The number of nitrogens with one attached hydrogen (secondary N) is 1. The van der Waals surface area contributed by atoms with E-state index in [0.29, 0.717) is 23.8 Å². The molecule has 4 rings (SSSR count). The van der Waals surface area contributed by atoms with Crippen LogP contribution in [0.15, 0.2) is 89.9 Å². The lowest BCUT2D eigenvalue weighted by molar-refractivity contribution is -0.128. The van der Waals surface area contributed by atoms with Crippen molar-refractivity contribution >= 4 is 40.1 Å². The Kier molecular flexibility index (Phi) is 7.42. The van der Waals surface area contributed by atoms with Crippen LogP contribution in [0, 0.1) is 0 Å². The normalized spacial score (nSPS) is 16.8. The Hall–Kier alpha value is -3.58. The summed E-state index contributed by atoms with van der Waals surface area (Å²) in [6.45, 7) is 0.487. The van der Waals surface area contributed by atoms with Crippen LogP contribution in [0.4, 0.5) is 11.4 Å². The number of rotatable bonds is 8. The predicted octanol–water partition coefficient (Wildman–Crippen LogP) is 4.90. The average molecular weight is 460 g/mol. The van der Waals surface area contributed by atoms with Crippen molar-refractivity contribution in [2.75, 3.05) is 19.0 Å². The number of nitrogens with zero attached hydrogens (tertiary/aromatic N) is 2. The third kappa shape index (κ3) is 6.02. The minimum absolute atomic E-state index is 0.0885. The molecule has 1 atom stereocenters. The third-order valence-corrected chi connectivity index (χ3v) is 6.39. The number of ether oxygens (including phenoxy) is 1. The summed E-state index contributed by atoms with van der Waals surface area (Å²) in [6, 6.07) is 26.6. The molecule has 1 fully saturated rings. The minimum Gasteiger partial charge on any atom is -0.497 e. The van der Waals surface area contributed by atoms with E-state index >= 15 is 0 Å². The number of amides is 2. The van der Waals surface area contributed by atoms with Crippen molar-refractivity contribution in [2.24, 2.45) is 4.99 Å². The highest BCUT2D eigenvalue weighted by atomic mass is 32.2. The van der Waals surface area contributed by atoms with Gasteiger partial charge in [0, 0.05) is 18.7 Å². The van der Waals surface area contributed by atoms with Gasteiger partial charge >= 0.3 is 0 Å². The van der Waals surface area contributed by atoms with Crippen molar-refractivity contribution in [2.45, 2.75) is 18.1 Å². The van der Waals surface area contributed by atoms with Crippen LogP contribution in [0.2, 0.25) is 0 Å². The molecule has 1 N–H and O–H groups in total. The summed E-state index contributed by atoms with van der Waals surface area (Å²) in [4.78, 5) is 32.2. The molecule has 1 aliphatic rings. The van der Waals surface area contributed by atoms with Gasteiger partial charge in [0.1, 0.15) is 11.0 Å². The molecule has 0 spiro atoms. The summed E-state index contributed by atoms with van der Waals surface area (Å²) in [5, 5.41) is 2.98. The van der Waals surface area contributed by atoms with Crippen LogP contribution in [0.25, 0.3) is 0 Å². The minimum atomic E-state index is -0.507. The van der Waals surface area contributed by atoms with Crippen molar-refractivity contribution < 1.29 is 14.3 Å². The molecule has 2 amide bonds. The van der Waals surface area contributed by atoms with Crippen LogP contribution in [-0.2, 0) is 16.0 Å². The first-order valence-corrected chi connectivity index (χ1v) is 11.6. The van der Waals surface area contributed by atoms with Gasteiger partial charge in [0.2, 0.25) is 11.8 Å². The summed E-state index contributed by atoms with van der Waals surface area (Å²) < 4.78 is 5.22. The topological polar surface area (TPSA) is 71.0 Å². The number of aliphatic imine (C=N–C) groups is 1. The molecule has 3 aromatic rings. The molecule has 0 radical (unpaired) electrons. The van der Waals surface area contributed by atoms with E-state index in [4.69, 9.17) is 9.73 Å². The van der Waals surface area contributed by atoms with Crippen molar-refractivity contribution in [3.8, 4) is 5.75 Å². The zero-order chi connectivity index (χ0) is 23.0. The SMILES string of the molecule is COc1ccc(CCN2C(=O)[C@@H](CC(=O)Nc3ccccc3)SC2=Nc2ccccc2)cc1. The Morgan fingerprint density at radius 3 is 2.33 bits per heavy atom. The molecule has 6 nitrogen and oxygen atoms in total. The number of carbonyl (C=O) groups is 2. The molecule has 0 aliphatic carbocycles. The highest BCUT2D eigenvalue weighted by Gasteiger charge is 2.39. The first-order chi connectivity index (χ1) is 16.1. The van der Waals surface area contributed by atoms with Crippen LogP contribution in [0.3, 0.4) is 0 Å². The summed E-state index contributed by atoms with van der Waals surface area (Å²) in [5.41, 5.74) is 2.59. The quantitative estimate of drug-likeness (QED) is 0.520. The molecule has 1 heterocycles. The van der Waals surface area contributed by atoms with Gasteiger partial charge in [-0.05, 0) is 48.4 Å². The fraction of sp³-hybridized carbons (Fsp3) is 0.192. The number of thioether (sulfide) groups is 1.